The van der Waals surface area contributed by atoms with Crippen LogP contribution in [0.1, 0.15) is 40.8 Å². The quantitative estimate of drug-likeness (QED) is 0.0619. The summed E-state index contributed by atoms with van der Waals surface area (Å²) in [6, 6.07) is 4.54. The van der Waals surface area contributed by atoms with Crippen LogP contribution in [0.25, 0.3) is 11.0 Å². The van der Waals surface area contributed by atoms with Gasteiger partial charge in [-0.05, 0) is 36.1 Å². The monoisotopic (exact) mass is 876 g/mol. The van der Waals surface area contributed by atoms with Crippen LogP contribution in [0.5, 0.6) is 17.2 Å². The first-order chi connectivity index (χ1) is 28.2. The average molecular weight is 878 g/mol. The molecule has 0 unspecified atom stereocenters. The van der Waals surface area contributed by atoms with E-state index >= 15 is 8.78 Å². The van der Waals surface area contributed by atoms with E-state index in [0.29, 0.717) is 22.5 Å². The number of hydrogen-bond acceptors (Lipinski definition) is 9. The summed E-state index contributed by atoms with van der Waals surface area (Å²) in [5.74, 6) is -16.8. The van der Waals surface area contributed by atoms with Gasteiger partial charge in [0, 0.05) is 44.5 Å². The molecule has 4 heterocycles. The first-order valence-corrected chi connectivity index (χ1v) is 18.8. The highest BCUT2D eigenvalue weighted by atomic mass is 35.5. The van der Waals surface area contributed by atoms with E-state index in [2.05, 4.69) is 4.98 Å². The lowest BCUT2D eigenvalue weighted by Crippen LogP contribution is -2.59. The van der Waals surface area contributed by atoms with Gasteiger partial charge in [0.1, 0.15) is 17.1 Å². The van der Waals surface area contributed by atoms with Crippen molar-refractivity contribution in [1.29, 1.82) is 0 Å². The second-order valence-corrected chi connectivity index (χ2v) is 16.0. The van der Waals surface area contributed by atoms with E-state index in [1.54, 1.807) is 12.1 Å². The number of allylic oxidation sites excluding steroid dienone is 2. The number of methoxy groups -OCH3 is 2. The number of aromatic hydroxyl groups is 1. The third kappa shape index (κ3) is 5.30. The normalized spacial score (nSPS) is 22.2. The van der Waals surface area contributed by atoms with Gasteiger partial charge in [-0.1, -0.05) is 18.2 Å². The number of carbonyl (C=O) groups excluding carboxylic acids is 2. The number of imide groups is 1. The number of fused-ring (bicyclic) bond motifs is 5. The number of amides is 2. The summed E-state index contributed by atoms with van der Waals surface area (Å²) in [4.78, 5) is 69.4. The molecule has 2 fully saturated rings. The SMILES string of the molecule is COc1cc2nc(CCn3c(=O)n4n(c3=O)[C@@H]3C[C@@]5(Cl)C(=O)N(c6c(F)c(F)c(F)c(F)c6F)C(=O)[C@@]5(Cl)[C@@H](c5cc(C)c(O)c(C)c5)C3=CC4)c(=O)n(C)c2cc1OC. The smallest absolute Gasteiger partial charge is 0.347 e. The minimum atomic E-state index is -2.77. The molecule has 2 aromatic heterocycles. The highest BCUT2D eigenvalue weighted by molar-refractivity contribution is 6.58. The Bertz CT molecular complexity index is 2950. The Kier molecular flexibility index (Phi) is 9.39. The van der Waals surface area contributed by atoms with Gasteiger partial charge >= 0.3 is 11.4 Å². The van der Waals surface area contributed by atoms with Crippen molar-refractivity contribution in [3.63, 3.8) is 0 Å². The molecule has 5 aromatic rings. The van der Waals surface area contributed by atoms with E-state index < -0.39 is 91.7 Å². The molecule has 60 heavy (non-hydrogen) atoms. The number of phenols is 1. The van der Waals surface area contributed by atoms with E-state index in [4.69, 9.17) is 32.7 Å². The number of halogens is 7. The van der Waals surface area contributed by atoms with E-state index in [1.807, 2.05) is 0 Å². The number of phenolic OH excluding ortho intramolecular Hbond substituents is 1. The summed E-state index contributed by atoms with van der Waals surface area (Å²) in [6.07, 6.45) is 0.442. The van der Waals surface area contributed by atoms with E-state index in [9.17, 15) is 42.3 Å². The molecule has 0 spiro atoms. The largest absolute Gasteiger partial charge is 0.507 e. The molecule has 1 saturated carbocycles. The van der Waals surface area contributed by atoms with Crippen LogP contribution in [0.3, 0.4) is 0 Å². The summed E-state index contributed by atoms with van der Waals surface area (Å²) in [7, 11) is 4.36. The van der Waals surface area contributed by atoms with Crippen molar-refractivity contribution in [2.45, 2.75) is 61.5 Å². The van der Waals surface area contributed by atoms with Crippen LogP contribution >= 0.6 is 23.2 Å². The number of hydrogen-bond donors (Lipinski definition) is 1. The molecule has 21 heteroatoms. The molecule has 3 aliphatic rings. The predicted octanol–water partition coefficient (Wildman–Crippen LogP) is 4.53. The van der Waals surface area contributed by atoms with Crippen LogP contribution in [-0.2, 0) is 36.1 Å². The summed E-state index contributed by atoms with van der Waals surface area (Å²) < 4.78 is 88.8. The van der Waals surface area contributed by atoms with Crippen molar-refractivity contribution in [3.05, 3.63) is 119 Å². The molecule has 2 amide bonds. The van der Waals surface area contributed by atoms with Crippen molar-refractivity contribution in [2.24, 2.45) is 7.05 Å². The molecule has 0 bridgehead atoms. The van der Waals surface area contributed by atoms with Crippen LogP contribution in [0.15, 0.2) is 50.3 Å². The third-order valence-electron chi connectivity index (χ3n) is 11.6. The molecule has 2 aliphatic heterocycles. The minimum Gasteiger partial charge on any atom is -0.507 e. The Morgan fingerprint density at radius 2 is 1.43 bits per heavy atom. The first kappa shape index (κ1) is 40.8. The molecular weight excluding hydrogens is 846 g/mol. The third-order valence-corrected chi connectivity index (χ3v) is 13.0. The van der Waals surface area contributed by atoms with Gasteiger partial charge in [-0.25, -0.2) is 55.4 Å². The number of nitrogens with zero attached hydrogens (tertiary/aromatic N) is 6. The maximum absolute atomic E-state index is 15.4. The Balaban J connectivity index is 1.27. The molecule has 1 N–H and O–H groups in total. The topological polar surface area (TPSA) is 160 Å². The van der Waals surface area contributed by atoms with Crippen LogP contribution in [0, 0.1) is 42.9 Å². The van der Waals surface area contributed by atoms with Gasteiger partial charge in [-0.3, -0.25) is 14.4 Å². The highest BCUT2D eigenvalue weighted by Crippen LogP contribution is 2.64. The summed E-state index contributed by atoms with van der Waals surface area (Å²) in [5.41, 5.74) is -2.73. The van der Waals surface area contributed by atoms with Gasteiger partial charge < -0.3 is 19.1 Å². The molecule has 8 rings (SSSR count). The lowest BCUT2D eigenvalue weighted by molar-refractivity contribution is -0.122. The molecule has 1 aliphatic carbocycles. The molecule has 14 nitrogen and oxygen atoms in total. The molecule has 0 radical (unpaired) electrons. The fourth-order valence-corrected chi connectivity index (χ4v) is 9.60. The van der Waals surface area contributed by atoms with E-state index in [1.165, 1.54) is 57.9 Å². The van der Waals surface area contributed by atoms with Gasteiger partial charge in [0.25, 0.3) is 17.4 Å². The molecule has 3 aromatic carbocycles. The number of anilines is 1. The Morgan fingerprint density at radius 3 is 2.03 bits per heavy atom. The molecule has 1 saturated heterocycles. The minimum absolute atomic E-state index is 0.0118. The summed E-state index contributed by atoms with van der Waals surface area (Å²) in [5, 5.41) is 10.6. The fourth-order valence-electron chi connectivity index (χ4n) is 8.69. The van der Waals surface area contributed by atoms with Gasteiger partial charge in [-0.2, -0.15) is 0 Å². The van der Waals surface area contributed by atoms with E-state index in [-0.39, 0.29) is 58.1 Å². The number of aromatic nitrogens is 5. The summed E-state index contributed by atoms with van der Waals surface area (Å²) in [6.45, 7) is 2.33. The van der Waals surface area contributed by atoms with E-state index in [0.717, 1.165) is 13.9 Å². The number of rotatable bonds is 7. The number of alkyl halides is 2. The lowest BCUT2D eigenvalue weighted by atomic mass is 9.64. The van der Waals surface area contributed by atoms with Crippen molar-refractivity contribution in [1.82, 2.24) is 23.5 Å². The van der Waals surface area contributed by atoms with Crippen LogP contribution < -0.4 is 31.3 Å². The average Bonchev–Trinajstić information content (AvgIpc) is 3.55. The van der Waals surface area contributed by atoms with Crippen LogP contribution in [0.2, 0.25) is 0 Å². The zero-order valence-corrected chi connectivity index (χ0v) is 33.5. The highest BCUT2D eigenvalue weighted by Gasteiger charge is 2.76. The fraction of sp³-hybridized carbons (Fsp3) is 0.333. The van der Waals surface area contributed by atoms with Gasteiger partial charge in [0.2, 0.25) is 5.82 Å². The van der Waals surface area contributed by atoms with Crippen molar-refractivity contribution >= 4 is 51.7 Å². The second-order valence-electron chi connectivity index (χ2n) is 14.7. The van der Waals surface area contributed by atoms with Gasteiger partial charge in [0.15, 0.2) is 44.5 Å². The van der Waals surface area contributed by atoms with Crippen molar-refractivity contribution < 1.29 is 46.1 Å². The van der Waals surface area contributed by atoms with Crippen LogP contribution in [0.4, 0.5) is 27.6 Å². The Hall–Kier alpha value is -5.95. The molecule has 4 atom stereocenters. The van der Waals surface area contributed by atoms with Crippen molar-refractivity contribution in [2.75, 3.05) is 19.1 Å². The maximum Gasteiger partial charge on any atom is 0.347 e. The lowest BCUT2D eigenvalue weighted by Gasteiger charge is -2.49. The second kappa shape index (κ2) is 13.8. The predicted molar refractivity (Wildman–Crippen MR) is 205 cm³/mol. The number of benzene rings is 3. The standard InChI is InChI=1S/C39H31Cl2F5N6O8/c1-15-10-17(11-16(2)32(15)53)25-18-6-9-50-36(57)49(8-7-19-33(54)48(3)21-13-24(60-5)23(59-4)12-20(21)47-19)37(58)52(50)22(18)14-38(40)34(55)51(35(56)39(25,38)41)31-29(45)27(43)26(42)28(44)30(31)46/h6,10-13,22,25,53H,7-9,14H2,1-5H3/t22-,25+,38-,39+/m1/s1. The van der Waals surface area contributed by atoms with Crippen molar-refractivity contribution in [3.8, 4) is 17.2 Å². The summed E-state index contributed by atoms with van der Waals surface area (Å²) >= 11 is 14.4. The Labute approximate surface area is 344 Å². The number of carbonyl (C=O) groups is 2. The first-order valence-electron chi connectivity index (χ1n) is 18.1. The Morgan fingerprint density at radius 1 is 0.850 bits per heavy atom. The van der Waals surface area contributed by atoms with Gasteiger partial charge in [0.05, 0.1) is 37.8 Å². The number of ether oxygens (including phenoxy) is 2. The zero-order valence-electron chi connectivity index (χ0n) is 32.0. The molecule has 314 valence electrons. The number of aryl methyl sites for hydroxylation is 4. The maximum atomic E-state index is 15.4. The molecular formula is C39H31Cl2F5N6O8. The van der Waals surface area contributed by atoms with Crippen LogP contribution in [-0.4, -0.2) is 64.4 Å². The zero-order chi connectivity index (χ0) is 43.7. The van der Waals surface area contributed by atoms with Gasteiger partial charge in [-0.15, -0.1) is 23.2 Å².